The van der Waals surface area contributed by atoms with Crippen molar-refractivity contribution in [3.8, 4) is 89.8 Å². The van der Waals surface area contributed by atoms with E-state index in [2.05, 4.69) is 170 Å². The molecule has 20 aromatic carbocycles. The van der Waals surface area contributed by atoms with Crippen LogP contribution in [0.5, 0.6) is 23.0 Å². The maximum atomic E-state index is 14.4. The molecule has 0 N–H and O–H groups in total. The summed E-state index contributed by atoms with van der Waals surface area (Å²) in [6.07, 6.45) is 0. The summed E-state index contributed by atoms with van der Waals surface area (Å²) in [5, 5.41) is 24.3. The van der Waals surface area contributed by atoms with Gasteiger partial charge in [-0.1, -0.05) is 291 Å². The SMILES string of the molecule is O=P1([O-])Oc2c(-c3cc4ccccc4c4ccccc34)cc3ccccc3c2-c2c(c(-c3cc4ccccc4c4ccccc34)cc3ccccc23)O1.O=P1([O-])Oc2c(-c3cc4ccccc4c4ccccc34)cc3ccccc3c2-c2c(c(-c3cc4ccccc4c4ccccc34)cc3ccccc23)O1.[Ca+2]. The maximum absolute atomic E-state index is 14.4. The molecule has 0 fully saturated rings. The van der Waals surface area contributed by atoms with Crippen molar-refractivity contribution in [3.05, 3.63) is 340 Å². The third-order valence-corrected chi connectivity index (χ3v) is 23.2. The second-order valence-electron chi connectivity index (χ2n) is 27.4. The second-order valence-corrected chi connectivity index (χ2v) is 29.9. The van der Waals surface area contributed by atoms with Gasteiger partial charge in [0.05, 0.1) is 0 Å². The van der Waals surface area contributed by atoms with Gasteiger partial charge in [-0.15, -0.1) is 0 Å². The Morgan fingerprint density at radius 1 is 0.178 bits per heavy atom. The van der Waals surface area contributed by atoms with E-state index in [1.165, 1.54) is 0 Å². The Morgan fingerprint density at radius 2 is 0.318 bits per heavy atom. The van der Waals surface area contributed by atoms with Gasteiger partial charge in [0.1, 0.15) is 23.0 Å². The van der Waals surface area contributed by atoms with Gasteiger partial charge >= 0.3 is 53.4 Å². The van der Waals surface area contributed by atoms with Crippen LogP contribution in [0.4, 0.5) is 0 Å². The van der Waals surface area contributed by atoms with Crippen molar-refractivity contribution >= 4 is 183 Å². The Hall–Kier alpha value is -11.6. The third-order valence-electron chi connectivity index (χ3n) is 21.6. The third kappa shape index (κ3) is 10.5. The first kappa shape index (κ1) is 64.9. The molecule has 20 aromatic rings. The van der Waals surface area contributed by atoms with Crippen LogP contribution in [-0.2, 0) is 9.13 Å². The van der Waals surface area contributed by atoms with Crippen molar-refractivity contribution in [2.45, 2.75) is 0 Å². The average molecular weight is 1440 g/mol. The van der Waals surface area contributed by atoms with E-state index in [1.54, 1.807) is 0 Å². The number of fused-ring (bicyclic) bond motifs is 26. The average Bonchev–Trinajstić information content (AvgIpc) is 1.68. The van der Waals surface area contributed by atoms with Gasteiger partial charge in [0.15, 0.2) is 0 Å². The van der Waals surface area contributed by atoms with E-state index in [-0.39, 0.29) is 60.7 Å². The molecule has 0 unspecified atom stereocenters. The van der Waals surface area contributed by atoms with Gasteiger partial charge in [-0.25, -0.2) is 9.13 Å². The number of rotatable bonds is 4. The molecule has 8 nitrogen and oxygen atoms in total. The Bertz CT molecular complexity index is 6490. The van der Waals surface area contributed by atoms with Crippen molar-refractivity contribution in [3.63, 3.8) is 0 Å². The van der Waals surface area contributed by atoms with Gasteiger partial charge in [0, 0.05) is 44.5 Å². The summed E-state index contributed by atoms with van der Waals surface area (Å²) >= 11 is 0. The van der Waals surface area contributed by atoms with Crippen LogP contribution in [0, 0.1) is 0 Å². The molecule has 0 atom stereocenters. The van der Waals surface area contributed by atoms with Gasteiger partial charge < -0.3 is 27.9 Å². The van der Waals surface area contributed by atoms with Crippen LogP contribution < -0.4 is 27.9 Å². The molecule has 500 valence electrons. The normalized spacial score (nSPS) is 13.4. The smallest absolute Gasteiger partial charge is 0.736 e. The molecule has 2 aliphatic heterocycles. The molecule has 0 saturated heterocycles. The van der Waals surface area contributed by atoms with Crippen LogP contribution in [0.15, 0.2) is 340 Å². The monoisotopic (exact) mass is 1440 g/mol. The van der Waals surface area contributed by atoms with E-state index in [9.17, 15) is 18.9 Å². The Labute approximate surface area is 643 Å². The fourth-order valence-electron chi connectivity index (χ4n) is 17.1. The maximum Gasteiger partial charge on any atom is 2.00 e. The molecule has 0 aromatic heterocycles. The standard InChI is InChI=1S/2C48H29O4P.Ca/c2*49-53(50)51-47-43(41-25-29-13-1-5-17-33(29)37-21-9-11-23-39(37)41)27-31-15-3-7-19-35(31)45(47)46-36-20-8-4-16-32(36)28-44(48(46)52-53)42-26-30-14-2-6-18-34(30)38-22-10-12-24-40(38)42;/h2*1-28H,(H,49,50);/q;;+2/p-2. The molecule has 2 heterocycles. The molecule has 2 aliphatic rings. The van der Waals surface area contributed by atoms with E-state index < -0.39 is 15.6 Å². The molecule has 0 amide bonds. The van der Waals surface area contributed by atoms with E-state index in [4.69, 9.17) is 18.1 Å². The van der Waals surface area contributed by atoms with Crippen LogP contribution in [-0.4, -0.2) is 37.7 Å². The van der Waals surface area contributed by atoms with Gasteiger partial charge in [-0.3, -0.25) is 0 Å². The predicted molar refractivity (Wildman–Crippen MR) is 439 cm³/mol. The molecule has 0 bridgehead atoms. The van der Waals surface area contributed by atoms with Crippen LogP contribution in [0.2, 0.25) is 0 Å². The van der Waals surface area contributed by atoms with Crippen molar-refractivity contribution in [1.29, 1.82) is 0 Å². The number of benzene rings is 20. The minimum absolute atomic E-state index is 0. The van der Waals surface area contributed by atoms with E-state index in [1.807, 2.05) is 170 Å². The molecule has 11 heteroatoms. The first-order chi connectivity index (χ1) is 52.0. The molecule has 0 spiro atoms. The number of hydrogen-bond donors (Lipinski definition) is 0. The summed E-state index contributed by atoms with van der Waals surface area (Å²) in [7, 11) is -10.0. The minimum atomic E-state index is -5.01. The number of hydrogen-bond acceptors (Lipinski definition) is 8. The second kappa shape index (κ2) is 25.3. The summed E-state index contributed by atoms with van der Waals surface area (Å²) in [6, 6.07) is 115. The topological polar surface area (TPSA) is 117 Å². The van der Waals surface area contributed by atoms with Crippen LogP contribution in [0.25, 0.3) is 196 Å². The first-order valence-electron chi connectivity index (χ1n) is 35.3. The van der Waals surface area contributed by atoms with E-state index >= 15 is 0 Å². The van der Waals surface area contributed by atoms with Crippen molar-refractivity contribution in [2.75, 3.05) is 0 Å². The number of phosphoric ester groups is 2. The summed E-state index contributed by atoms with van der Waals surface area (Å²) in [6.45, 7) is 0. The van der Waals surface area contributed by atoms with Gasteiger partial charge in [0.2, 0.25) is 0 Å². The molecule has 0 aliphatic carbocycles. The molecular weight excluding hydrogens is 1380 g/mol. The summed E-state index contributed by atoms with van der Waals surface area (Å²) in [4.78, 5) is 28.7. The van der Waals surface area contributed by atoms with Crippen molar-refractivity contribution in [1.82, 2.24) is 0 Å². The van der Waals surface area contributed by atoms with Crippen LogP contribution >= 0.6 is 15.6 Å². The van der Waals surface area contributed by atoms with Crippen molar-refractivity contribution < 1.29 is 37.0 Å². The number of phosphoric acid groups is 2. The Morgan fingerprint density at radius 3 is 0.514 bits per heavy atom. The molecule has 107 heavy (non-hydrogen) atoms. The largest absolute Gasteiger partial charge is 2.00 e. The Balaban J connectivity index is 0.000000140. The zero-order valence-corrected chi connectivity index (χ0v) is 61.2. The molecule has 22 rings (SSSR count). The van der Waals surface area contributed by atoms with Gasteiger partial charge in [-0.05, 0) is 200 Å². The molecular formula is C96H56CaO8P2. The quantitative estimate of drug-likeness (QED) is 0.0972. The fourth-order valence-corrected chi connectivity index (χ4v) is 18.8. The van der Waals surface area contributed by atoms with E-state index in [0.29, 0.717) is 44.5 Å². The van der Waals surface area contributed by atoms with Gasteiger partial charge in [0.25, 0.3) is 0 Å². The van der Waals surface area contributed by atoms with Crippen LogP contribution in [0.3, 0.4) is 0 Å². The van der Waals surface area contributed by atoms with Crippen LogP contribution in [0.1, 0.15) is 0 Å². The van der Waals surface area contributed by atoms with Crippen molar-refractivity contribution in [2.24, 2.45) is 0 Å². The molecule has 0 saturated carbocycles. The van der Waals surface area contributed by atoms with Gasteiger partial charge in [-0.2, -0.15) is 0 Å². The zero-order chi connectivity index (χ0) is 70.5. The summed E-state index contributed by atoms with van der Waals surface area (Å²) in [5.41, 5.74) is 8.97. The summed E-state index contributed by atoms with van der Waals surface area (Å²) in [5.74, 6) is 1.03. The minimum Gasteiger partial charge on any atom is -0.736 e. The zero-order valence-electron chi connectivity index (χ0n) is 57.2. The summed E-state index contributed by atoms with van der Waals surface area (Å²) < 4.78 is 53.8. The predicted octanol–water partition coefficient (Wildman–Crippen LogP) is 25.3. The molecule has 0 radical (unpaired) electrons. The van der Waals surface area contributed by atoms with E-state index in [0.717, 1.165) is 152 Å². The first-order valence-corrected chi connectivity index (χ1v) is 38.2. The Kier molecular flexibility index (Phi) is 15.3. The fraction of sp³-hybridized carbons (Fsp3) is 0.